The van der Waals surface area contributed by atoms with Crippen molar-refractivity contribution in [1.29, 1.82) is 0 Å². The Balaban J connectivity index is 2.33. The molecule has 0 N–H and O–H groups in total. The molecule has 0 saturated carbocycles. The molecule has 0 atom stereocenters. The number of fused-ring (bicyclic) bond motifs is 1. The average molecular weight is 447 g/mol. The van der Waals surface area contributed by atoms with Gasteiger partial charge < -0.3 is 8.83 Å². The van der Waals surface area contributed by atoms with Crippen LogP contribution in [0, 0.1) is 11.8 Å². The number of hydrogen-bond acceptors (Lipinski definition) is 2. The molecule has 0 aromatic carbocycles. The second kappa shape index (κ2) is 7.37. The van der Waals surface area contributed by atoms with Gasteiger partial charge in [0.15, 0.2) is 14.0 Å². The van der Waals surface area contributed by atoms with Crippen molar-refractivity contribution in [2.75, 3.05) is 6.61 Å². The molecule has 0 saturated heterocycles. The number of rotatable bonds is 3. The van der Waals surface area contributed by atoms with Crippen LogP contribution in [-0.4, -0.2) is 30.5 Å². The molecule has 26 heavy (non-hydrogen) atoms. The Morgan fingerprint density at radius 3 is 2.50 bits per heavy atom. The summed E-state index contributed by atoms with van der Waals surface area (Å²) in [4.78, 5) is 4.28. The van der Waals surface area contributed by atoms with E-state index in [0.29, 0.717) is 10.1 Å². The third-order valence-corrected chi connectivity index (χ3v) is 9.68. The van der Waals surface area contributed by atoms with Gasteiger partial charge in [0.1, 0.15) is 5.69 Å². The number of halogens is 4. The summed E-state index contributed by atoms with van der Waals surface area (Å²) in [6.07, 6.45) is -3.87. The van der Waals surface area contributed by atoms with Gasteiger partial charge in [-0.15, -0.1) is 0 Å². The van der Waals surface area contributed by atoms with Crippen molar-refractivity contribution in [1.82, 2.24) is 9.38 Å². The molecule has 0 radical (unpaired) electrons. The third-order valence-electron chi connectivity index (χ3n) is 4.59. The van der Waals surface area contributed by atoms with E-state index >= 15 is 0 Å². The molecular formula is C18H22BrF3N2OSi. The number of alkyl halides is 3. The van der Waals surface area contributed by atoms with Crippen LogP contribution in [0.25, 0.3) is 5.65 Å². The van der Waals surface area contributed by atoms with Crippen LogP contribution in [0.1, 0.15) is 32.2 Å². The zero-order valence-electron chi connectivity index (χ0n) is 15.5. The minimum atomic E-state index is -4.34. The lowest BCUT2D eigenvalue weighted by atomic mass is 10.2. The van der Waals surface area contributed by atoms with E-state index in [4.69, 9.17) is 4.43 Å². The third kappa shape index (κ3) is 4.90. The fraction of sp³-hybridized carbons (Fsp3) is 0.500. The van der Waals surface area contributed by atoms with Crippen molar-refractivity contribution in [2.45, 2.75) is 51.5 Å². The van der Waals surface area contributed by atoms with E-state index in [2.05, 4.69) is 66.6 Å². The monoisotopic (exact) mass is 446 g/mol. The van der Waals surface area contributed by atoms with E-state index in [1.54, 1.807) is 18.3 Å². The van der Waals surface area contributed by atoms with E-state index in [1.165, 1.54) is 4.40 Å². The summed E-state index contributed by atoms with van der Waals surface area (Å²) < 4.78 is 46.9. The summed E-state index contributed by atoms with van der Waals surface area (Å²) in [5, 5.41) is 0.0457. The molecule has 0 amide bonds. The van der Waals surface area contributed by atoms with Crippen LogP contribution >= 0.6 is 15.9 Å². The van der Waals surface area contributed by atoms with Crippen LogP contribution in [0.5, 0.6) is 0 Å². The van der Waals surface area contributed by atoms with Crippen molar-refractivity contribution in [3.8, 4) is 11.8 Å². The fourth-order valence-corrected chi connectivity index (χ4v) is 3.39. The van der Waals surface area contributed by atoms with Gasteiger partial charge >= 0.3 is 6.18 Å². The lowest BCUT2D eigenvalue weighted by Crippen LogP contribution is -2.40. The Morgan fingerprint density at radius 1 is 1.27 bits per heavy atom. The van der Waals surface area contributed by atoms with Crippen molar-refractivity contribution in [3.63, 3.8) is 0 Å². The van der Waals surface area contributed by atoms with E-state index in [0.717, 1.165) is 0 Å². The first kappa shape index (κ1) is 21.0. The maximum Gasteiger partial charge on any atom is 0.394 e. The Labute approximate surface area is 161 Å². The first-order chi connectivity index (χ1) is 11.8. The first-order valence-corrected chi connectivity index (χ1v) is 11.9. The number of nitrogens with zero attached hydrogens (tertiary/aromatic N) is 2. The highest BCUT2D eigenvalue weighted by molar-refractivity contribution is 9.10. The lowest BCUT2D eigenvalue weighted by molar-refractivity contribution is -0.128. The highest BCUT2D eigenvalue weighted by Crippen LogP contribution is 2.36. The van der Waals surface area contributed by atoms with Crippen molar-refractivity contribution in [3.05, 3.63) is 34.2 Å². The van der Waals surface area contributed by atoms with E-state index in [9.17, 15) is 13.2 Å². The summed E-state index contributed by atoms with van der Waals surface area (Å²) in [5.41, 5.74) is 0.586. The van der Waals surface area contributed by atoms with Gasteiger partial charge in [-0.3, -0.25) is 0 Å². The van der Waals surface area contributed by atoms with Crippen LogP contribution in [0.4, 0.5) is 13.2 Å². The molecule has 2 aromatic rings. The molecule has 2 aromatic heterocycles. The summed E-state index contributed by atoms with van der Waals surface area (Å²) in [7, 11) is -1.95. The SMILES string of the molecule is CC(C)(C)[Si](C)(C)OCC#Cc1nc2c(Br)cccn2c1CC(F)(F)F. The van der Waals surface area contributed by atoms with E-state index in [1.807, 2.05) is 0 Å². The molecule has 0 bridgehead atoms. The zero-order chi connectivity index (χ0) is 19.8. The molecule has 0 fully saturated rings. The zero-order valence-corrected chi connectivity index (χ0v) is 18.0. The standard InChI is InChI=1S/C18H22BrF3N2OSi/c1-17(2,3)26(4,5)25-11-7-9-14-15(12-18(20,21)22)24-10-6-8-13(19)16(24)23-14/h6,8,10H,11-12H2,1-5H3. The highest BCUT2D eigenvalue weighted by atomic mass is 79.9. The molecule has 8 heteroatoms. The maximum absolute atomic E-state index is 13.0. The Kier molecular flexibility index (Phi) is 5.95. The largest absolute Gasteiger partial charge is 0.406 e. The smallest absolute Gasteiger partial charge is 0.394 e. The minimum absolute atomic E-state index is 0.0358. The molecule has 2 heterocycles. The van der Waals surface area contributed by atoms with Gasteiger partial charge in [0.25, 0.3) is 0 Å². The van der Waals surface area contributed by atoms with Gasteiger partial charge in [-0.05, 0) is 52.1 Å². The number of hydrogen-bond donors (Lipinski definition) is 0. The number of aromatic nitrogens is 2. The molecule has 0 aliphatic heterocycles. The summed E-state index contributed by atoms with van der Waals surface area (Å²) in [5.74, 6) is 5.61. The summed E-state index contributed by atoms with van der Waals surface area (Å²) in [6, 6.07) is 3.40. The molecule has 0 unspecified atom stereocenters. The van der Waals surface area contributed by atoms with Crippen molar-refractivity contribution >= 4 is 29.9 Å². The normalized spacial score (nSPS) is 13.0. The second-order valence-corrected chi connectivity index (χ2v) is 13.3. The fourth-order valence-electron chi connectivity index (χ4n) is 2.10. The van der Waals surface area contributed by atoms with Crippen LogP contribution in [0.2, 0.25) is 18.1 Å². The topological polar surface area (TPSA) is 26.5 Å². The van der Waals surface area contributed by atoms with Gasteiger partial charge in [0, 0.05) is 6.20 Å². The van der Waals surface area contributed by atoms with Crippen molar-refractivity contribution < 1.29 is 17.6 Å². The molecular weight excluding hydrogens is 425 g/mol. The van der Waals surface area contributed by atoms with E-state index in [-0.39, 0.29) is 23.0 Å². The number of imidazole rings is 1. The van der Waals surface area contributed by atoms with Crippen molar-refractivity contribution in [2.24, 2.45) is 0 Å². The number of pyridine rings is 1. The predicted octanol–water partition coefficient (Wildman–Crippen LogP) is 5.57. The second-order valence-electron chi connectivity index (χ2n) is 7.60. The van der Waals surface area contributed by atoms with E-state index < -0.39 is 20.9 Å². The minimum Gasteiger partial charge on any atom is -0.406 e. The predicted molar refractivity (Wildman–Crippen MR) is 103 cm³/mol. The van der Waals surface area contributed by atoms with Crippen LogP contribution in [-0.2, 0) is 10.8 Å². The molecule has 0 aliphatic rings. The quantitative estimate of drug-likeness (QED) is 0.454. The van der Waals surface area contributed by atoms with Gasteiger partial charge in [0.2, 0.25) is 0 Å². The maximum atomic E-state index is 13.0. The first-order valence-electron chi connectivity index (χ1n) is 8.17. The molecule has 142 valence electrons. The molecule has 3 nitrogen and oxygen atoms in total. The Hall–Kier alpha value is -1.30. The summed E-state index contributed by atoms with van der Waals surface area (Å²) in [6.45, 7) is 10.7. The van der Waals surface area contributed by atoms with Gasteiger partial charge in [-0.2, -0.15) is 13.2 Å². The average Bonchev–Trinajstić information content (AvgIpc) is 2.80. The van der Waals surface area contributed by atoms with Crippen LogP contribution in [0.3, 0.4) is 0 Å². The highest BCUT2D eigenvalue weighted by Gasteiger charge is 2.36. The lowest BCUT2D eigenvalue weighted by Gasteiger charge is -2.35. The van der Waals surface area contributed by atoms with Gasteiger partial charge in [-0.1, -0.05) is 26.7 Å². The van der Waals surface area contributed by atoms with Crippen LogP contribution < -0.4 is 0 Å². The molecule has 0 spiro atoms. The Bertz CT molecular complexity index is 857. The summed E-state index contributed by atoms with van der Waals surface area (Å²) >= 11 is 3.32. The Morgan fingerprint density at radius 2 is 1.92 bits per heavy atom. The molecule has 2 rings (SSSR count). The van der Waals surface area contributed by atoms with Gasteiger partial charge in [-0.25, -0.2) is 4.98 Å². The molecule has 0 aliphatic carbocycles. The van der Waals surface area contributed by atoms with Crippen LogP contribution in [0.15, 0.2) is 22.8 Å². The van der Waals surface area contributed by atoms with Gasteiger partial charge in [0.05, 0.1) is 23.2 Å².